The van der Waals surface area contributed by atoms with Crippen molar-refractivity contribution >= 4 is 5.78 Å². The summed E-state index contributed by atoms with van der Waals surface area (Å²) in [6.07, 6.45) is 0.945. The van der Waals surface area contributed by atoms with Crippen LogP contribution >= 0.6 is 0 Å². The molecule has 0 aromatic heterocycles. The highest BCUT2D eigenvalue weighted by molar-refractivity contribution is 5.84. The lowest BCUT2D eigenvalue weighted by Crippen LogP contribution is -2.31. The van der Waals surface area contributed by atoms with Crippen molar-refractivity contribution in [3.05, 3.63) is 0 Å². The number of aliphatic hydroxyl groups is 1. The lowest BCUT2D eigenvalue weighted by atomic mass is 9.70. The average Bonchev–Trinajstić information content (AvgIpc) is 2.27. The van der Waals surface area contributed by atoms with E-state index in [0.29, 0.717) is 30.5 Å². The fraction of sp³-hybridized carbons (Fsp3) is 0.923. The van der Waals surface area contributed by atoms with Gasteiger partial charge in [-0.15, -0.1) is 0 Å². The normalized spacial score (nSPS) is 32.3. The van der Waals surface area contributed by atoms with E-state index in [1.807, 2.05) is 0 Å². The number of hydrogen-bond acceptors (Lipinski definition) is 2. The Balaban J connectivity index is 2.85. The predicted octanol–water partition coefficient (Wildman–Crippen LogP) is 2.64. The van der Waals surface area contributed by atoms with E-state index < -0.39 is 0 Å². The van der Waals surface area contributed by atoms with Crippen LogP contribution in [-0.4, -0.2) is 17.0 Å². The second-order valence-corrected chi connectivity index (χ2v) is 5.98. The van der Waals surface area contributed by atoms with Crippen LogP contribution in [0.1, 0.15) is 47.5 Å². The van der Waals surface area contributed by atoms with Gasteiger partial charge in [0.25, 0.3) is 0 Å². The van der Waals surface area contributed by atoms with Gasteiger partial charge in [-0.2, -0.15) is 0 Å². The van der Waals surface area contributed by atoms with Crippen molar-refractivity contribution in [3.63, 3.8) is 0 Å². The molecule has 0 spiro atoms. The molecule has 0 saturated heterocycles. The van der Waals surface area contributed by atoms with Crippen LogP contribution < -0.4 is 0 Å². The summed E-state index contributed by atoms with van der Waals surface area (Å²) < 4.78 is 0. The Morgan fingerprint density at radius 3 is 2.27 bits per heavy atom. The molecule has 1 rings (SSSR count). The molecule has 15 heavy (non-hydrogen) atoms. The van der Waals surface area contributed by atoms with E-state index in [1.54, 1.807) is 6.92 Å². The monoisotopic (exact) mass is 212 g/mol. The summed E-state index contributed by atoms with van der Waals surface area (Å²) in [5, 5.41) is 9.44. The topological polar surface area (TPSA) is 37.3 Å². The summed E-state index contributed by atoms with van der Waals surface area (Å²) in [6.45, 7) is 10.5. The van der Waals surface area contributed by atoms with Gasteiger partial charge in [-0.05, 0) is 30.6 Å². The van der Waals surface area contributed by atoms with Crippen molar-refractivity contribution in [2.75, 3.05) is 0 Å². The highest BCUT2D eigenvalue weighted by atomic mass is 16.3. The molecular weight excluding hydrogens is 188 g/mol. The number of rotatable bonds is 3. The van der Waals surface area contributed by atoms with E-state index in [2.05, 4.69) is 27.7 Å². The maximum atomic E-state index is 11.9. The van der Waals surface area contributed by atoms with Gasteiger partial charge in [0.15, 0.2) is 0 Å². The van der Waals surface area contributed by atoms with Crippen LogP contribution in [0.2, 0.25) is 0 Å². The van der Waals surface area contributed by atoms with E-state index in [0.717, 1.165) is 0 Å². The second kappa shape index (κ2) is 4.25. The standard InChI is InChI=1S/C13H24O2/c1-8(2)10-7-12(15)11(6-9(3)14)13(10,4)5/h8-11,14H,6-7H2,1-5H3. The molecule has 1 aliphatic rings. The lowest BCUT2D eigenvalue weighted by molar-refractivity contribution is -0.123. The van der Waals surface area contributed by atoms with E-state index in [1.165, 1.54) is 0 Å². The van der Waals surface area contributed by atoms with E-state index >= 15 is 0 Å². The Hall–Kier alpha value is -0.370. The molecule has 0 aliphatic heterocycles. The van der Waals surface area contributed by atoms with Gasteiger partial charge in [0.1, 0.15) is 5.78 Å². The van der Waals surface area contributed by atoms with Gasteiger partial charge in [-0.25, -0.2) is 0 Å². The van der Waals surface area contributed by atoms with Gasteiger partial charge in [-0.3, -0.25) is 4.79 Å². The molecular formula is C13H24O2. The first-order valence-electron chi connectivity index (χ1n) is 5.97. The zero-order chi connectivity index (χ0) is 11.8. The molecule has 3 atom stereocenters. The zero-order valence-corrected chi connectivity index (χ0v) is 10.6. The summed E-state index contributed by atoms with van der Waals surface area (Å²) in [5.41, 5.74) is 0.0439. The van der Waals surface area contributed by atoms with Gasteiger partial charge in [0.2, 0.25) is 0 Å². The van der Waals surface area contributed by atoms with Crippen LogP contribution in [0.5, 0.6) is 0 Å². The first-order valence-corrected chi connectivity index (χ1v) is 5.97. The summed E-state index contributed by atoms with van der Waals surface area (Å²) >= 11 is 0. The SMILES string of the molecule is CC(O)CC1C(=O)CC(C(C)C)C1(C)C. The van der Waals surface area contributed by atoms with Crippen LogP contribution in [0.15, 0.2) is 0 Å². The molecule has 2 nitrogen and oxygen atoms in total. The van der Waals surface area contributed by atoms with Crippen LogP contribution in [0.25, 0.3) is 0 Å². The minimum absolute atomic E-state index is 0.0439. The molecule has 1 saturated carbocycles. The molecule has 1 N–H and O–H groups in total. The Bertz CT molecular complexity index is 241. The van der Waals surface area contributed by atoms with E-state index in [9.17, 15) is 9.90 Å². The van der Waals surface area contributed by atoms with Crippen molar-refractivity contribution in [2.24, 2.45) is 23.2 Å². The molecule has 2 heteroatoms. The fourth-order valence-corrected chi connectivity index (χ4v) is 3.17. The molecule has 0 heterocycles. The van der Waals surface area contributed by atoms with Crippen molar-refractivity contribution in [2.45, 2.75) is 53.6 Å². The quantitative estimate of drug-likeness (QED) is 0.781. The maximum Gasteiger partial charge on any atom is 0.136 e. The van der Waals surface area contributed by atoms with Crippen LogP contribution in [-0.2, 0) is 4.79 Å². The molecule has 0 radical (unpaired) electrons. The summed E-state index contributed by atoms with van der Waals surface area (Å²) in [5.74, 6) is 1.40. The van der Waals surface area contributed by atoms with Crippen molar-refractivity contribution in [3.8, 4) is 0 Å². The molecule has 0 aromatic rings. The fourth-order valence-electron chi connectivity index (χ4n) is 3.17. The third kappa shape index (κ3) is 2.41. The number of hydrogen-bond donors (Lipinski definition) is 1. The second-order valence-electron chi connectivity index (χ2n) is 5.98. The first-order chi connectivity index (χ1) is 6.76. The van der Waals surface area contributed by atoms with Gasteiger partial charge in [-0.1, -0.05) is 27.7 Å². The summed E-state index contributed by atoms with van der Waals surface area (Å²) in [4.78, 5) is 11.9. The number of ketones is 1. The van der Waals surface area contributed by atoms with Gasteiger partial charge in [0, 0.05) is 12.3 Å². The molecule has 1 fully saturated rings. The molecule has 88 valence electrons. The van der Waals surface area contributed by atoms with Gasteiger partial charge >= 0.3 is 0 Å². The minimum Gasteiger partial charge on any atom is -0.393 e. The van der Waals surface area contributed by atoms with Crippen LogP contribution in [0.4, 0.5) is 0 Å². The molecule has 0 aromatic carbocycles. The predicted molar refractivity (Wildman–Crippen MR) is 61.5 cm³/mol. The Morgan fingerprint density at radius 2 is 1.93 bits per heavy atom. The Kier molecular flexibility index (Phi) is 3.59. The minimum atomic E-state index is -0.371. The Labute approximate surface area is 93.1 Å². The zero-order valence-electron chi connectivity index (χ0n) is 10.6. The third-order valence-corrected chi connectivity index (χ3v) is 4.05. The number of aliphatic hydroxyl groups excluding tert-OH is 1. The smallest absolute Gasteiger partial charge is 0.136 e. The third-order valence-electron chi connectivity index (χ3n) is 4.05. The highest BCUT2D eigenvalue weighted by Crippen LogP contribution is 2.50. The molecule has 0 amide bonds. The Morgan fingerprint density at radius 1 is 1.40 bits per heavy atom. The van der Waals surface area contributed by atoms with Crippen LogP contribution in [0, 0.1) is 23.2 Å². The van der Waals surface area contributed by atoms with Crippen molar-refractivity contribution in [1.82, 2.24) is 0 Å². The van der Waals surface area contributed by atoms with E-state index in [-0.39, 0.29) is 17.4 Å². The van der Waals surface area contributed by atoms with Gasteiger partial charge in [0.05, 0.1) is 6.10 Å². The largest absolute Gasteiger partial charge is 0.393 e. The average molecular weight is 212 g/mol. The molecule has 3 unspecified atom stereocenters. The summed E-state index contributed by atoms with van der Waals surface area (Å²) in [6, 6.07) is 0. The number of carbonyl (C=O) groups is 1. The van der Waals surface area contributed by atoms with Crippen molar-refractivity contribution < 1.29 is 9.90 Å². The summed E-state index contributed by atoms with van der Waals surface area (Å²) in [7, 11) is 0. The first kappa shape index (κ1) is 12.7. The molecule has 1 aliphatic carbocycles. The highest BCUT2D eigenvalue weighted by Gasteiger charge is 2.49. The van der Waals surface area contributed by atoms with Crippen molar-refractivity contribution in [1.29, 1.82) is 0 Å². The van der Waals surface area contributed by atoms with Crippen LogP contribution in [0.3, 0.4) is 0 Å². The molecule has 0 bridgehead atoms. The number of carbonyl (C=O) groups excluding carboxylic acids is 1. The van der Waals surface area contributed by atoms with Gasteiger partial charge < -0.3 is 5.11 Å². The maximum absolute atomic E-state index is 11.9. The lowest BCUT2D eigenvalue weighted by Gasteiger charge is -2.34. The van der Waals surface area contributed by atoms with E-state index in [4.69, 9.17) is 0 Å². The number of Topliss-reactive ketones (excluding diaryl/α,β-unsaturated/α-hetero) is 1.